The predicted molar refractivity (Wildman–Crippen MR) is 151 cm³/mol. The molecule has 1 N–H and O–H groups in total. The number of halogens is 1. The fourth-order valence-corrected chi connectivity index (χ4v) is 5.01. The molecule has 1 aliphatic heterocycles. The summed E-state index contributed by atoms with van der Waals surface area (Å²) < 4.78 is 1.75. The van der Waals surface area contributed by atoms with Crippen LogP contribution in [0.5, 0.6) is 0 Å². The van der Waals surface area contributed by atoms with Gasteiger partial charge in [-0.1, -0.05) is 31.4 Å². The van der Waals surface area contributed by atoms with Crippen LogP contribution in [0.1, 0.15) is 63.5 Å². The second-order valence-corrected chi connectivity index (χ2v) is 10.5. The minimum absolute atomic E-state index is 0.120. The Labute approximate surface area is 223 Å². The molecule has 1 aliphatic carbocycles. The molecule has 2 aromatic heterocycles. The predicted octanol–water partition coefficient (Wildman–Crippen LogP) is 5.70. The van der Waals surface area contributed by atoms with Crippen molar-refractivity contribution in [1.82, 2.24) is 19.4 Å². The third-order valence-electron chi connectivity index (χ3n) is 7.14. The molecule has 0 unspecified atom stereocenters. The molecule has 2 aliphatic rings. The molecule has 3 heterocycles. The van der Waals surface area contributed by atoms with Crippen molar-refractivity contribution >= 4 is 45.9 Å². The number of anilines is 3. The third kappa shape index (κ3) is 6.30. The number of carbonyl (C=O) groups excluding carboxylic acids is 1. The fraction of sp³-hybridized carbons (Fsp3) is 0.500. The minimum Gasteiger partial charge on any atom is -0.324 e. The number of nitrogens with zero attached hydrogens (tertiary/aromatic N) is 5. The molecule has 0 bridgehead atoms. The van der Waals surface area contributed by atoms with E-state index in [1.807, 2.05) is 30.0 Å². The molecular formula is C28H37ClN6O2. The summed E-state index contributed by atoms with van der Waals surface area (Å²) in [5.41, 5.74) is 3.19. The van der Waals surface area contributed by atoms with Gasteiger partial charge in [0.25, 0.3) is 5.56 Å². The van der Waals surface area contributed by atoms with Crippen molar-refractivity contribution in [3.63, 3.8) is 0 Å². The number of aromatic nitrogens is 3. The number of carbonyl (C=O) groups is 1. The number of hydrogen-bond donors (Lipinski definition) is 1. The number of fused-ring (bicyclic) bond motifs is 1. The van der Waals surface area contributed by atoms with Crippen molar-refractivity contribution in [2.24, 2.45) is 0 Å². The molecule has 0 radical (unpaired) electrons. The maximum atomic E-state index is 12.8. The maximum absolute atomic E-state index is 12.8. The van der Waals surface area contributed by atoms with Crippen LogP contribution in [0.4, 0.5) is 17.3 Å². The lowest BCUT2D eigenvalue weighted by molar-refractivity contribution is -0.119. The SMILES string of the molecule is CCN(C)C.Cc1cc(N2CCCCC2=O)ccc1Nc1ncc2cc(Cl)c(=O)n(C3CCCC3)c2n1. The van der Waals surface area contributed by atoms with Gasteiger partial charge in [-0.2, -0.15) is 4.98 Å². The summed E-state index contributed by atoms with van der Waals surface area (Å²) in [6.07, 6.45) is 8.43. The smallest absolute Gasteiger partial charge is 0.271 e. The zero-order valence-electron chi connectivity index (χ0n) is 22.3. The Kier molecular flexibility index (Phi) is 8.82. The molecule has 2 fully saturated rings. The van der Waals surface area contributed by atoms with Crippen molar-refractivity contribution < 1.29 is 4.79 Å². The number of rotatable bonds is 5. The number of piperidine rings is 1. The number of benzene rings is 1. The lowest BCUT2D eigenvalue weighted by Gasteiger charge is -2.27. The van der Waals surface area contributed by atoms with Crippen LogP contribution in [0, 0.1) is 6.92 Å². The van der Waals surface area contributed by atoms with E-state index in [2.05, 4.69) is 36.2 Å². The molecule has 3 aromatic rings. The average Bonchev–Trinajstić information content (AvgIpc) is 3.41. The standard InChI is InChI=1S/C24H26ClN5O2.C4H11N/c1-15-12-18(29-11-5-4-8-21(29)31)9-10-20(15)27-24-26-14-16-13-19(25)23(32)30(22(16)28-24)17-6-2-3-7-17;1-4-5(2)3/h9-10,12-14,17H,2-8,11H2,1H3,(H,26,27,28);4H2,1-3H3. The fourth-order valence-electron chi connectivity index (χ4n) is 4.80. The first-order valence-corrected chi connectivity index (χ1v) is 13.6. The summed E-state index contributed by atoms with van der Waals surface area (Å²) in [6.45, 7) is 6.02. The number of pyridine rings is 1. The Hall–Kier alpha value is -2.97. The molecule has 1 amide bonds. The van der Waals surface area contributed by atoms with Gasteiger partial charge < -0.3 is 15.1 Å². The Morgan fingerprint density at radius 3 is 2.49 bits per heavy atom. The first-order valence-electron chi connectivity index (χ1n) is 13.2. The Balaban J connectivity index is 0.000000586. The topological polar surface area (TPSA) is 83.4 Å². The van der Waals surface area contributed by atoms with E-state index in [1.54, 1.807) is 16.8 Å². The highest BCUT2D eigenvalue weighted by Gasteiger charge is 2.23. The summed E-state index contributed by atoms with van der Waals surface area (Å²) >= 11 is 6.22. The van der Waals surface area contributed by atoms with Gasteiger partial charge >= 0.3 is 0 Å². The van der Waals surface area contributed by atoms with E-state index in [4.69, 9.17) is 16.6 Å². The molecule has 37 heavy (non-hydrogen) atoms. The van der Waals surface area contributed by atoms with Gasteiger partial charge in [-0.05, 0) is 83.1 Å². The normalized spacial score (nSPS) is 16.3. The minimum atomic E-state index is -0.192. The molecule has 1 aromatic carbocycles. The molecule has 1 saturated carbocycles. The van der Waals surface area contributed by atoms with E-state index >= 15 is 0 Å². The summed E-state index contributed by atoms with van der Waals surface area (Å²) in [5, 5.41) is 4.24. The quantitative estimate of drug-likeness (QED) is 0.461. The van der Waals surface area contributed by atoms with Crippen LogP contribution >= 0.6 is 11.6 Å². The zero-order valence-corrected chi connectivity index (χ0v) is 23.0. The van der Waals surface area contributed by atoms with Gasteiger partial charge in [0.1, 0.15) is 10.7 Å². The van der Waals surface area contributed by atoms with Gasteiger partial charge in [0.15, 0.2) is 0 Å². The molecule has 1 saturated heterocycles. The number of nitrogens with one attached hydrogen (secondary N) is 1. The van der Waals surface area contributed by atoms with Crippen LogP contribution in [0.2, 0.25) is 5.02 Å². The van der Waals surface area contributed by atoms with E-state index in [0.29, 0.717) is 18.0 Å². The second kappa shape index (κ2) is 12.0. The Bertz CT molecular complexity index is 1320. The van der Waals surface area contributed by atoms with Crippen LogP contribution in [-0.2, 0) is 4.79 Å². The van der Waals surface area contributed by atoms with Crippen LogP contribution in [0.25, 0.3) is 11.0 Å². The molecule has 5 rings (SSSR count). The van der Waals surface area contributed by atoms with Crippen LogP contribution < -0.4 is 15.8 Å². The van der Waals surface area contributed by atoms with Gasteiger partial charge in [-0.3, -0.25) is 14.2 Å². The molecular weight excluding hydrogens is 488 g/mol. The summed E-state index contributed by atoms with van der Waals surface area (Å²) in [7, 11) is 4.11. The second-order valence-electron chi connectivity index (χ2n) is 10.1. The third-order valence-corrected chi connectivity index (χ3v) is 7.41. The van der Waals surface area contributed by atoms with Crippen molar-refractivity contribution in [1.29, 1.82) is 0 Å². The lowest BCUT2D eigenvalue weighted by atomic mass is 10.1. The highest BCUT2D eigenvalue weighted by Crippen LogP contribution is 2.32. The van der Waals surface area contributed by atoms with Gasteiger partial charge in [-0.15, -0.1) is 0 Å². The van der Waals surface area contributed by atoms with E-state index in [-0.39, 0.29) is 22.5 Å². The maximum Gasteiger partial charge on any atom is 0.271 e. The molecule has 198 valence electrons. The van der Waals surface area contributed by atoms with Crippen LogP contribution in [-0.4, -0.2) is 52.5 Å². The summed E-state index contributed by atoms with van der Waals surface area (Å²) in [6, 6.07) is 7.68. The van der Waals surface area contributed by atoms with E-state index in [9.17, 15) is 9.59 Å². The summed E-state index contributed by atoms with van der Waals surface area (Å²) in [5.74, 6) is 0.605. The first kappa shape index (κ1) is 27.1. The Morgan fingerprint density at radius 2 is 1.84 bits per heavy atom. The monoisotopic (exact) mass is 524 g/mol. The molecule has 0 spiro atoms. The molecule has 9 heteroatoms. The number of hydrogen-bond acceptors (Lipinski definition) is 6. The zero-order chi connectivity index (χ0) is 26.5. The van der Waals surface area contributed by atoms with Crippen molar-refractivity contribution in [2.75, 3.05) is 37.4 Å². The Morgan fingerprint density at radius 1 is 1.11 bits per heavy atom. The van der Waals surface area contributed by atoms with E-state index in [0.717, 1.165) is 73.9 Å². The molecule has 8 nitrogen and oxygen atoms in total. The van der Waals surface area contributed by atoms with Gasteiger partial charge in [0.05, 0.1) is 0 Å². The van der Waals surface area contributed by atoms with Crippen LogP contribution in [0.3, 0.4) is 0 Å². The van der Waals surface area contributed by atoms with E-state index < -0.39 is 0 Å². The van der Waals surface area contributed by atoms with Crippen molar-refractivity contribution in [2.45, 2.75) is 64.8 Å². The number of aryl methyl sites for hydroxylation is 1. The highest BCUT2D eigenvalue weighted by atomic mass is 35.5. The first-order chi connectivity index (χ1) is 17.8. The summed E-state index contributed by atoms with van der Waals surface area (Å²) in [4.78, 5) is 38.2. The molecule has 0 atom stereocenters. The highest BCUT2D eigenvalue weighted by molar-refractivity contribution is 6.31. The largest absolute Gasteiger partial charge is 0.324 e. The lowest BCUT2D eigenvalue weighted by Crippen LogP contribution is -2.35. The van der Waals surface area contributed by atoms with Gasteiger partial charge in [-0.25, -0.2) is 4.98 Å². The van der Waals surface area contributed by atoms with Crippen molar-refractivity contribution in [3.05, 3.63) is 51.4 Å². The van der Waals surface area contributed by atoms with Gasteiger partial charge in [0, 0.05) is 42.0 Å². The van der Waals surface area contributed by atoms with Gasteiger partial charge in [0.2, 0.25) is 11.9 Å². The van der Waals surface area contributed by atoms with Crippen molar-refractivity contribution in [3.8, 4) is 0 Å². The van der Waals surface area contributed by atoms with Crippen LogP contribution in [0.15, 0.2) is 35.3 Å². The van der Waals surface area contributed by atoms with E-state index in [1.165, 1.54) is 0 Å². The number of amides is 1. The average molecular weight is 525 g/mol.